The topological polar surface area (TPSA) is 18.5 Å². The predicted molar refractivity (Wildman–Crippen MR) is 139 cm³/mol. The summed E-state index contributed by atoms with van der Waals surface area (Å²) in [4.78, 5) is 0. The second kappa shape index (κ2) is 8.74. The largest absolute Gasteiger partial charge is 0.543 e. The van der Waals surface area contributed by atoms with Crippen LogP contribution in [0.3, 0.4) is 0 Å². The van der Waals surface area contributed by atoms with E-state index in [0.717, 1.165) is 36.5 Å². The first-order valence-electron chi connectivity index (χ1n) is 11.9. The minimum atomic E-state index is -1.91. The van der Waals surface area contributed by atoms with Crippen LogP contribution in [0.5, 0.6) is 5.75 Å². The van der Waals surface area contributed by atoms with E-state index in [0.29, 0.717) is 0 Å². The number of benzene rings is 2. The lowest BCUT2D eigenvalue weighted by Crippen LogP contribution is -2.43. The highest BCUT2D eigenvalue weighted by molar-refractivity contribution is 6.74. The van der Waals surface area contributed by atoms with Gasteiger partial charge in [0.2, 0.25) is 8.32 Å². The third-order valence-corrected chi connectivity index (χ3v) is 11.7. The lowest BCUT2D eigenvalue weighted by atomic mass is 9.64. The first kappa shape index (κ1) is 24.6. The van der Waals surface area contributed by atoms with Crippen molar-refractivity contribution < 1.29 is 9.16 Å². The molecule has 0 aromatic heterocycles. The summed E-state index contributed by atoms with van der Waals surface area (Å²) in [7, 11) is -1.91. The van der Waals surface area contributed by atoms with Gasteiger partial charge in [-0.05, 0) is 65.1 Å². The molecule has 2 aromatic carbocycles. The number of hydrogen-bond donors (Lipinski definition) is 0. The molecule has 1 heterocycles. The van der Waals surface area contributed by atoms with Crippen LogP contribution in [0.4, 0.5) is 0 Å². The van der Waals surface area contributed by atoms with E-state index in [1.54, 1.807) is 0 Å². The van der Waals surface area contributed by atoms with Gasteiger partial charge in [0.1, 0.15) is 11.5 Å². The van der Waals surface area contributed by atoms with Crippen LogP contribution in [0.1, 0.15) is 66.0 Å². The molecule has 32 heavy (non-hydrogen) atoms. The van der Waals surface area contributed by atoms with Crippen molar-refractivity contribution in [2.45, 2.75) is 79.4 Å². The fraction of sp³-hybridized carbons (Fsp3) is 0.517. The van der Waals surface area contributed by atoms with Gasteiger partial charge in [-0.3, -0.25) is 0 Å². The molecular weight excluding hydrogens is 408 g/mol. The standard InChI is InChI=1S/C29H42O2Si/c1-27(2,3)32(8,9)31-24-17-13-16-23(20-24)25-26(28(4,5)18-19-30-25)29(6,7)21-22-14-11-10-12-15-22/h10-17,20H,18-19,21H2,1-9H3. The second-order valence-corrected chi connectivity index (χ2v) is 16.8. The summed E-state index contributed by atoms with van der Waals surface area (Å²) in [6.45, 7) is 21.7. The highest BCUT2D eigenvalue weighted by atomic mass is 28.4. The molecule has 0 spiro atoms. The summed E-state index contributed by atoms with van der Waals surface area (Å²) < 4.78 is 13.1. The molecule has 0 fully saturated rings. The van der Waals surface area contributed by atoms with Crippen molar-refractivity contribution in [2.75, 3.05) is 6.61 Å². The maximum Gasteiger partial charge on any atom is 0.250 e. The van der Waals surface area contributed by atoms with Gasteiger partial charge < -0.3 is 9.16 Å². The SMILES string of the molecule is CC1(C)CCOC(c2cccc(O[Si](C)(C)C(C)(C)C)c2)=C1C(C)(C)Cc1ccccc1. The zero-order chi connectivity index (χ0) is 23.8. The highest BCUT2D eigenvalue weighted by Crippen LogP contribution is 2.51. The molecule has 0 N–H and O–H groups in total. The Morgan fingerprint density at radius 1 is 0.938 bits per heavy atom. The van der Waals surface area contributed by atoms with Crippen molar-refractivity contribution in [3.8, 4) is 5.75 Å². The van der Waals surface area contributed by atoms with Crippen molar-refractivity contribution in [1.82, 2.24) is 0 Å². The number of ether oxygens (including phenoxy) is 1. The Morgan fingerprint density at radius 2 is 1.59 bits per heavy atom. The zero-order valence-corrected chi connectivity index (χ0v) is 22.6. The summed E-state index contributed by atoms with van der Waals surface area (Å²) >= 11 is 0. The van der Waals surface area contributed by atoms with Gasteiger partial charge in [0, 0.05) is 5.56 Å². The van der Waals surface area contributed by atoms with Gasteiger partial charge in [0.05, 0.1) is 6.61 Å². The molecule has 0 radical (unpaired) electrons. The third-order valence-electron chi connectivity index (χ3n) is 7.32. The molecule has 0 saturated carbocycles. The molecule has 0 aliphatic carbocycles. The van der Waals surface area contributed by atoms with Crippen LogP contribution in [0.2, 0.25) is 18.1 Å². The van der Waals surface area contributed by atoms with E-state index >= 15 is 0 Å². The molecule has 0 bridgehead atoms. The Hall–Kier alpha value is -2.00. The van der Waals surface area contributed by atoms with E-state index in [1.807, 2.05) is 0 Å². The monoisotopic (exact) mass is 450 g/mol. The van der Waals surface area contributed by atoms with Crippen molar-refractivity contribution >= 4 is 14.1 Å². The first-order chi connectivity index (χ1) is 14.7. The van der Waals surface area contributed by atoms with Crippen LogP contribution in [-0.4, -0.2) is 14.9 Å². The first-order valence-corrected chi connectivity index (χ1v) is 14.9. The zero-order valence-electron chi connectivity index (χ0n) is 21.6. The molecule has 174 valence electrons. The molecule has 0 atom stereocenters. The minimum Gasteiger partial charge on any atom is -0.543 e. The summed E-state index contributed by atoms with van der Waals surface area (Å²) in [5.74, 6) is 2.00. The second-order valence-electron chi connectivity index (χ2n) is 12.1. The van der Waals surface area contributed by atoms with Gasteiger partial charge in [-0.2, -0.15) is 0 Å². The van der Waals surface area contributed by atoms with Crippen LogP contribution in [0.25, 0.3) is 5.76 Å². The van der Waals surface area contributed by atoms with E-state index in [2.05, 4.69) is 116 Å². The van der Waals surface area contributed by atoms with Crippen LogP contribution >= 0.6 is 0 Å². The lowest BCUT2D eigenvalue weighted by molar-refractivity contribution is 0.161. The molecule has 2 aromatic rings. The quantitative estimate of drug-likeness (QED) is 0.411. The Balaban J connectivity index is 2.06. The van der Waals surface area contributed by atoms with Crippen molar-refractivity contribution in [3.63, 3.8) is 0 Å². The molecule has 0 saturated heterocycles. The summed E-state index contributed by atoms with van der Waals surface area (Å²) in [6, 6.07) is 19.4. The maximum absolute atomic E-state index is 6.63. The van der Waals surface area contributed by atoms with E-state index in [9.17, 15) is 0 Å². The number of rotatable bonds is 6. The van der Waals surface area contributed by atoms with Gasteiger partial charge in [-0.25, -0.2) is 0 Å². The summed E-state index contributed by atoms with van der Waals surface area (Å²) in [6.07, 6.45) is 2.02. The molecule has 1 aliphatic heterocycles. The molecule has 0 unspecified atom stereocenters. The Bertz CT molecular complexity index is 962. The Morgan fingerprint density at radius 3 is 2.22 bits per heavy atom. The number of hydrogen-bond acceptors (Lipinski definition) is 2. The van der Waals surface area contributed by atoms with Crippen molar-refractivity contribution in [2.24, 2.45) is 10.8 Å². The normalized spacial score (nSPS) is 17.2. The van der Waals surface area contributed by atoms with E-state index < -0.39 is 8.32 Å². The molecule has 3 heteroatoms. The molecule has 3 rings (SSSR count). The van der Waals surface area contributed by atoms with Crippen molar-refractivity contribution in [1.29, 1.82) is 0 Å². The third kappa shape index (κ3) is 5.31. The number of allylic oxidation sites excluding steroid dienone is 1. The Labute approximate surface area is 197 Å². The van der Waals surface area contributed by atoms with Gasteiger partial charge in [0.25, 0.3) is 0 Å². The smallest absolute Gasteiger partial charge is 0.250 e. The molecule has 1 aliphatic rings. The van der Waals surface area contributed by atoms with Gasteiger partial charge in [-0.15, -0.1) is 0 Å². The summed E-state index contributed by atoms with van der Waals surface area (Å²) in [5, 5.41) is 0.161. The van der Waals surface area contributed by atoms with Crippen LogP contribution in [-0.2, 0) is 11.2 Å². The minimum absolute atomic E-state index is 0.0309. The lowest BCUT2D eigenvalue weighted by Gasteiger charge is -2.44. The maximum atomic E-state index is 6.63. The average Bonchev–Trinajstić information content (AvgIpc) is 2.66. The highest BCUT2D eigenvalue weighted by Gasteiger charge is 2.42. The fourth-order valence-corrected chi connectivity index (χ4v) is 5.73. The average molecular weight is 451 g/mol. The van der Waals surface area contributed by atoms with Gasteiger partial charge in [-0.1, -0.05) is 90.9 Å². The molecule has 2 nitrogen and oxygen atoms in total. The fourth-order valence-electron chi connectivity index (χ4n) is 4.71. The Kier molecular flexibility index (Phi) is 6.73. The molecule has 0 amide bonds. The van der Waals surface area contributed by atoms with Crippen LogP contribution in [0, 0.1) is 10.8 Å². The van der Waals surface area contributed by atoms with Crippen molar-refractivity contribution in [3.05, 3.63) is 71.3 Å². The van der Waals surface area contributed by atoms with E-state index in [-0.39, 0.29) is 15.9 Å². The molecular formula is C29H42O2Si. The van der Waals surface area contributed by atoms with Crippen LogP contribution < -0.4 is 4.43 Å². The van der Waals surface area contributed by atoms with E-state index in [4.69, 9.17) is 9.16 Å². The van der Waals surface area contributed by atoms with E-state index in [1.165, 1.54) is 11.1 Å². The van der Waals surface area contributed by atoms with Gasteiger partial charge >= 0.3 is 0 Å². The van der Waals surface area contributed by atoms with Gasteiger partial charge in [0.15, 0.2) is 0 Å². The predicted octanol–water partition coefficient (Wildman–Crippen LogP) is 8.50. The van der Waals surface area contributed by atoms with Crippen LogP contribution in [0.15, 0.2) is 60.2 Å². The summed E-state index contributed by atoms with van der Waals surface area (Å²) in [5.41, 5.74) is 3.94.